The van der Waals surface area contributed by atoms with Crippen LogP contribution < -0.4 is 15.0 Å². The lowest BCUT2D eigenvalue weighted by Crippen LogP contribution is -2.38. The van der Waals surface area contributed by atoms with E-state index in [1.807, 2.05) is 30.3 Å². The van der Waals surface area contributed by atoms with Crippen LogP contribution in [-0.2, 0) is 0 Å². The number of benzene rings is 2. The second-order valence-electron chi connectivity index (χ2n) is 8.44. The number of aliphatic hydroxyl groups is 1. The Kier molecular flexibility index (Phi) is 8.23. The fourth-order valence-corrected chi connectivity index (χ4v) is 3.98. The molecule has 1 amide bonds. The van der Waals surface area contributed by atoms with E-state index in [1.54, 1.807) is 12.1 Å². The van der Waals surface area contributed by atoms with Crippen molar-refractivity contribution in [3.05, 3.63) is 84.1 Å². The third-order valence-corrected chi connectivity index (χ3v) is 5.70. The summed E-state index contributed by atoms with van der Waals surface area (Å²) in [5.41, 5.74) is 0.331. The smallest absolute Gasteiger partial charge is 0.255 e. The molecule has 0 aliphatic carbocycles. The van der Waals surface area contributed by atoms with Crippen molar-refractivity contribution in [2.24, 2.45) is 0 Å². The number of carbonyl (C=O) groups excluding carboxylic acids is 1. The van der Waals surface area contributed by atoms with Crippen molar-refractivity contribution >= 4 is 17.4 Å². The minimum absolute atomic E-state index is 0.101. The lowest BCUT2D eigenvalue weighted by atomic mass is 10.2. The fraction of sp³-hybridized carbons (Fsp3) is 0.308. The number of rotatable bonds is 8. The number of ether oxygens (including phenoxy) is 1. The van der Waals surface area contributed by atoms with Gasteiger partial charge in [0.2, 0.25) is 0 Å². The van der Waals surface area contributed by atoms with Gasteiger partial charge in [-0.2, -0.15) is 0 Å². The Morgan fingerprint density at radius 1 is 1.03 bits per heavy atom. The lowest BCUT2D eigenvalue weighted by Gasteiger charge is -2.24. The normalized spacial score (nSPS) is 15.3. The van der Waals surface area contributed by atoms with Crippen molar-refractivity contribution in [1.29, 1.82) is 0 Å². The van der Waals surface area contributed by atoms with Gasteiger partial charge < -0.3 is 20.1 Å². The molecule has 0 radical (unpaired) electrons. The minimum atomic E-state index is -0.810. The molecule has 1 saturated heterocycles. The van der Waals surface area contributed by atoms with Crippen molar-refractivity contribution in [3.8, 4) is 5.75 Å². The van der Waals surface area contributed by atoms with Crippen LogP contribution in [0.15, 0.2) is 66.9 Å². The van der Waals surface area contributed by atoms with Gasteiger partial charge in [-0.25, -0.2) is 13.8 Å². The molecule has 2 N–H and O–H groups in total. The number of anilines is 2. The SMILES string of the molecule is O=C(Nc1ccc(N2CCCN(CC(O)COc3ccccc3)CC2)nc1)c1cc(F)cc(F)c1. The molecule has 184 valence electrons. The first kappa shape index (κ1) is 24.6. The summed E-state index contributed by atoms with van der Waals surface area (Å²) < 4.78 is 32.4. The van der Waals surface area contributed by atoms with Gasteiger partial charge in [0.25, 0.3) is 5.91 Å². The van der Waals surface area contributed by atoms with Crippen LogP contribution in [0.3, 0.4) is 0 Å². The van der Waals surface area contributed by atoms with Crippen LogP contribution >= 0.6 is 0 Å². The van der Waals surface area contributed by atoms with Crippen LogP contribution in [0.2, 0.25) is 0 Å². The molecule has 9 heteroatoms. The third kappa shape index (κ3) is 7.21. The number of aliphatic hydroxyl groups excluding tert-OH is 1. The first-order chi connectivity index (χ1) is 17.0. The van der Waals surface area contributed by atoms with Crippen molar-refractivity contribution in [3.63, 3.8) is 0 Å². The second kappa shape index (κ2) is 11.7. The molecule has 0 bridgehead atoms. The average Bonchev–Trinajstić information content (AvgIpc) is 3.09. The molecule has 2 heterocycles. The molecule has 1 unspecified atom stereocenters. The summed E-state index contributed by atoms with van der Waals surface area (Å²) in [5.74, 6) is -0.722. The molecule has 1 atom stereocenters. The molecule has 0 spiro atoms. The van der Waals surface area contributed by atoms with E-state index in [1.165, 1.54) is 6.20 Å². The molecule has 1 aliphatic rings. The van der Waals surface area contributed by atoms with Gasteiger partial charge >= 0.3 is 0 Å². The van der Waals surface area contributed by atoms with Crippen LogP contribution in [0, 0.1) is 11.6 Å². The number of aromatic nitrogens is 1. The van der Waals surface area contributed by atoms with Crippen LogP contribution in [0.1, 0.15) is 16.8 Å². The van der Waals surface area contributed by atoms with Gasteiger partial charge in [0.1, 0.15) is 35.9 Å². The summed E-state index contributed by atoms with van der Waals surface area (Å²) in [4.78, 5) is 21.1. The second-order valence-corrected chi connectivity index (χ2v) is 8.44. The largest absolute Gasteiger partial charge is 0.491 e. The van der Waals surface area contributed by atoms with Crippen molar-refractivity contribution in [1.82, 2.24) is 9.88 Å². The standard InChI is InChI=1S/C26H28F2N4O3/c27-20-13-19(14-21(28)15-20)26(34)30-22-7-8-25(29-16-22)32-10-4-9-31(11-12-32)17-23(33)18-35-24-5-2-1-3-6-24/h1-3,5-8,13-16,23,33H,4,9-12,17-18H2,(H,30,34). The fourth-order valence-electron chi connectivity index (χ4n) is 3.98. The molecule has 1 aromatic heterocycles. The number of halogens is 2. The average molecular weight is 483 g/mol. The number of amides is 1. The lowest BCUT2D eigenvalue weighted by molar-refractivity contribution is 0.0705. The molecular weight excluding hydrogens is 454 g/mol. The van der Waals surface area contributed by atoms with Gasteiger partial charge in [-0.1, -0.05) is 18.2 Å². The van der Waals surface area contributed by atoms with E-state index < -0.39 is 23.6 Å². The molecule has 2 aromatic carbocycles. The topological polar surface area (TPSA) is 77.9 Å². The highest BCUT2D eigenvalue weighted by Crippen LogP contribution is 2.18. The highest BCUT2D eigenvalue weighted by atomic mass is 19.1. The van der Waals surface area contributed by atoms with Crippen LogP contribution in [-0.4, -0.2) is 66.3 Å². The maximum absolute atomic E-state index is 13.4. The summed E-state index contributed by atoms with van der Waals surface area (Å²) in [6, 6.07) is 15.6. The summed E-state index contributed by atoms with van der Waals surface area (Å²) in [5, 5.41) is 13.0. The number of para-hydroxylation sites is 1. The molecule has 35 heavy (non-hydrogen) atoms. The Hall–Kier alpha value is -3.56. The maximum atomic E-state index is 13.4. The Morgan fingerprint density at radius 3 is 2.51 bits per heavy atom. The number of β-amino-alcohol motifs (C(OH)–C–C–N with tert-alkyl or cyclic N) is 1. The number of hydrogen-bond donors (Lipinski definition) is 2. The summed E-state index contributed by atoms with van der Waals surface area (Å²) in [6.45, 7) is 3.95. The van der Waals surface area contributed by atoms with Crippen LogP contribution in [0.4, 0.5) is 20.3 Å². The quantitative estimate of drug-likeness (QED) is 0.511. The number of nitrogens with one attached hydrogen (secondary N) is 1. The first-order valence-corrected chi connectivity index (χ1v) is 11.5. The molecular formula is C26H28F2N4O3. The van der Waals surface area contributed by atoms with Crippen molar-refractivity contribution in [2.75, 3.05) is 49.5 Å². The van der Waals surface area contributed by atoms with Crippen molar-refractivity contribution < 1.29 is 23.4 Å². The summed E-state index contributed by atoms with van der Waals surface area (Å²) in [7, 11) is 0. The highest BCUT2D eigenvalue weighted by molar-refractivity contribution is 6.04. The number of nitrogens with zero attached hydrogens (tertiary/aromatic N) is 3. The summed E-state index contributed by atoms with van der Waals surface area (Å²) >= 11 is 0. The molecule has 0 saturated carbocycles. The Bertz CT molecular complexity index is 1100. The number of hydrogen-bond acceptors (Lipinski definition) is 6. The maximum Gasteiger partial charge on any atom is 0.255 e. The van der Waals surface area contributed by atoms with Crippen LogP contribution in [0.5, 0.6) is 5.75 Å². The molecule has 3 aromatic rings. The zero-order valence-electron chi connectivity index (χ0n) is 19.2. The van der Waals surface area contributed by atoms with E-state index in [4.69, 9.17) is 4.74 Å². The Morgan fingerprint density at radius 2 is 1.80 bits per heavy atom. The van der Waals surface area contributed by atoms with Gasteiger partial charge in [-0.15, -0.1) is 0 Å². The molecule has 7 nitrogen and oxygen atoms in total. The van der Waals surface area contributed by atoms with Gasteiger partial charge in [0, 0.05) is 37.8 Å². The van der Waals surface area contributed by atoms with Gasteiger partial charge in [0.05, 0.1) is 11.9 Å². The predicted molar refractivity (Wildman–Crippen MR) is 130 cm³/mol. The number of pyridine rings is 1. The van der Waals surface area contributed by atoms with E-state index in [9.17, 15) is 18.7 Å². The van der Waals surface area contributed by atoms with Gasteiger partial charge in [-0.3, -0.25) is 9.69 Å². The zero-order valence-corrected chi connectivity index (χ0v) is 19.2. The Balaban J connectivity index is 1.26. The van der Waals surface area contributed by atoms with E-state index in [0.717, 1.165) is 56.3 Å². The Labute approximate surface area is 203 Å². The molecule has 1 aliphatic heterocycles. The van der Waals surface area contributed by atoms with E-state index in [-0.39, 0.29) is 12.2 Å². The van der Waals surface area contributed by atoms with Gasteiger partial charge in [0.15, 0.2) is 0 Å². The highest BCUT2D eigenvalue weighted by Gasteiger charge is 2.19. The number of carbonyl (C=O) groups is 1. The van der Waals surface area contributed by atoms with Crippen LogP contribution in [0.25, 0.3) is 0 Å². The van der Waals surface area contributed by atoms with E-state index in [0.29, 0.717) is 18.3 Å². The van der Waals surface area contributed by atoms with Crippen molar-refractivity contribution in [2.45, 2.75) is 12.5 Å². The third-order valence-electron chi connectivity index (χ3n) is 5.70. The monoisotopic (exact) mass is 482 g/mol. The van der Waals surface area contributed by atoms with E-state index >= 15 is 0 Å². The molecule has 1 fully saturated rings. The predicted octanol–water partition coefficient (Wildman–Crippen LogP) is 3.56. The first-order valence-electron chi connectivity index (χ1n) is 11.5. The minimum Gasteiger partial charge on any atom is -0.491 e. The zero-order chi connectivity index (χ0) is 24.6. The summed E-state index contributed by atoms with van der Waals surface area (Å²) in [6.07, 6.45) is 1.85. The van der Waals surface area contributed by atoms with Gasteiger partial charge in [-0.05, 0) is 49.4 Å². The molecule has 4 rings (SSSR count). The van der Waals surface area contributed by atoms with E-state index in [2.05, 4.69) is 20.1 Å².